The van der Waals surface area contributed by atoms with E-state index in [-0.39, 0.29) is 23.9 Å². The largest absolute Gasteiger partial charge is 0.327 e. The Hall–Kier alpha value is -0.0100. The van der Waals surface area contributed by atoms with Crippen LogP contribution in [-0.4, -0.2) is 6.04 Å². The highest BCUT2D eigenvalue weighted by Crippen LogP contribution is 2.19. The highest BCUT2D eigenvalue weighted by Gasteiger charge is 2.18. The molecule has 0 aliphatic rings. The van der Waals surface area contributed by atoms with Crippen LogP contribution in [0.3, 0.4) is 0 Å². The van der Waals surface area contributed by atoms with Gasteiger partial charge in [0.2, 0.25) is 0 Å². The third-order valence-corrected chi connectivity index (χ3v) is 1.53. The third kappa shape index (κ3) is 4.83. The van der Waals surface area contributed by atoms with E-state index < -0.39 is 0 Å². The summed E-state index contributed by atoms with van der Waals surface area (Å²) < 4.78 is 0. The zero-order chi connectivity index (χ0) is 7.49. The Labute approximate surface area is 70.1 Å². The average molecular weight is 164 g/mol. The van der Waals surface area contributed by atoms with Crippen molar-refractivity contribution in [3.05, 3.63) is 12.7 Å². The van der Waals surface area contributed by atoms with Gasteiger partial charge in [-0.2, -0.15) is 0 Å². The second-order valence-corrected chi connectivity index (χ2v) is 3.50. The molecule has 0 aromatic heterocycles. The molecule has 0 radical (unpaired) electrons. The van der Waals surface area contributed by atoms with Gasteiger partial charge in [0.15, 0.2) is 0 Å². The fourth-order valence-corrected chi connectivity index (χ4v) is 0.533. The standard InChI is InChI=1S/C8H17N.ClH/c1-5-6-7(9)8(2,3)4;/h5,7H,1,6,9H2,2-4H3;1H. The molecule has 0 heterocycles. The van der Waals surface area contributed by atoms with E-state index in [1.54, 1.807) is 0 Å². The molecule has 0 bridgehead atoms. The minimum absolute atomic E-state index is 0. The smallest absolute Gasteiger partial charge is 0.0122 e. The molecule has 10 heavy (non-hydrogen) atoms. The summed E-state index contributed by atoms with van der Waals surface area (Å²) in [4.78, 5) is 0. The van der Waals surface area contributed by atoms with E-state index >= 15 is 0 Å². The van der Waals surface area contributed by atoms with Crippen LogP contribution in [0, 0.1) is 5.41 Å². The lowest BCUT2D eigenvalue weighted by Crippen LogP contribution is -2.34. The van der Waals surface area contributed by atoms with Gasteiger partial charge in [-0.05, 0) is 11.8 Å². The van der Waals surface area contributed by atoms with E-state index in [1.807, 2.05) is 6.08 Å². The molecule has 0 rings (SSSR count). The Morgan fingerprint density at radius 3 is 2.00 bits per heavy atom. The molecule has 0 aliphatic carbocycles. The molecule has 0 amide bonds. The van der Waals surface area contributed by atoms with Crippen LogP contribution in [0.4, 0.5) is 0 Å². The number of halogens is 1. The molecule has 1 atom stereocenters. The average Bonchev–Trinajstić information content (AvgIpc) is 1.64. The Bertz CT molecular complexity index is 93.9. The fourth-order valence-electron chi connectivity index (χ4n) is 0.533. The molecule has 0 fully saturated rings. The van der Waals surface area contributed by atoms with E-state index in [1.165, 1.54) is 0 Å². The van der Waals surface area contributed by atoms with Crippen LogP contribution in [-0.2, 0) is 0 Å². The van der Waals surface area contributed by atoms with Crippen molar-refractivity contribution in [1.82, 2.24) is 0 Å². The molecular formula is C8H18ClN. The molecule has 0 saturated carbocycles. The molecule has 0 aliphatic heterocycles. The molecule has 1 nitrogen and oxygen atoms in total. The van der Waals surface area contributed by atoms with Gasteiger partial charge >= 0.3 is 0 Å². The first kappa shape index (κ1) is 12.6. The maximum atomic E-state index is 5.79. The van der Waals surface area contributed by atoms with Gasteiger partial charge in [-0.3, -0.25) is 0 Å². The summed E-state index contributed by atoms with van der Waals surface area (Å²) in [5, 5.41) is 0. The summed E-state index contributed by atoms with van der Waals surface area (Å²) in [5.41, 5.74) is 6.01. The van der Waals surface area contributed by atoms with Gasteiger partial charge < -0.3 is 5.73 Å². The monoisotopic (exact) mass is 163 g/mol. The van der Waals surface area contributed by atoms with Crippen LogP contribution in [0.2, 0.25) is 0 Å². The number of nitrogens with two attached hydrogens (primary N) is 1. The minimum atomic E-state index is 0. The lowest BCUT2D eigenvalue weighted by Gasteiger charge is -2.25. The molecule has 0 aromatic carbocycles. The molecule has 2 N–H and O–H groups in total. The Morgan fingerprint density at radius 2 is 1.90 bits per heavy atom. The molecule has 62 valence electrons. The molecule has 2 heteroatoms. The molecule has 1 unspecified atom stereocenters. The zero-order valence-electron chi connectivity index (χ0n) is 7.05. The van der Waals surface area contributed by atoms with Crippen molar-refractivity contribution in [2.45, 2.75) is 33.2 Å². The fraction of sp³-hybridized carbons (Fsp3) is 0.750. The lowest BCUT2D eigenvalue weighted by molar-refractivity contribution is 0.322. The highest BCUT2D eigenvalue weighted by molar-refractivity contribution is 5.85. The highest BCUT2D eigenvalue weighted by atomic mass is 35.5. The van der Waals surface area contributed by atoms with Crippen molar-refractivity contribution in [2.75, 3.05) is 0 Å². The predicted molar refractivity (Wildman–Crippen MR) is 49.5 cm³/mol. The summed E-state index contributed by atoms with van der Waals surface area (Å²) >= 11 is 0. The van der Waals surface area contributed by atoms with Gasteiger partial charge in [0, 0.05) is 6.04 Å². The van der Waals surface area contributed by atoms with E-state index in [2.05, 4.69) is 27.4 Å². The van der Waals surface area contributed by atoms with Crippen molar-refractivity contribution in [1.29, 1.82) is 0 Å². The predicted octanol–water partition coefficient (Wildman–Crippen LogP) is 2.36. The van der Waals surface area contributed by atoms with Crippen LogP contribution in [0.1, 0.15) is 27.2 Å². The normalized spacial score (nSPS) is 13.6. The number of hydrogen-bond donors (Lipinski definition) is 1. The molecular weight excluding hydrogens is 146 g/mol. The van der Waals surface area contributed by atoms with Crippen LogP contribution >= 0.6 is 12.4 Å². The van der Waals surface area contributed by atoms with Crippen molar-refractivity contribution >= 4 is 12.4 Å². The first-order valence-electron chi connectivity index (χ1n) is 3.35. The van der Waals surface area contributed by atoms with Gasteiger partial charge in [-0.1, -0.05) is 26.8 Å². The van der Waals surface area contributed by atoms with E-state index in [0.717, 1.165) is 6.42 Å². The number of hydrogen-bond acceptors (Lipinski definition) is 1. The maximum Gasteiger partial charge on any atom is 0.0122 e. The second-order valence-electron chi connectivity index (χ2n) is 3.50. The van der Waals surface area contributed by atoms with Gasteiger partial charge in [-0.15, -0.1) is 19.0 Å². The topological polar surface area (TPSA) is 26.0 Å². The van der Waals surface area contributed by atoms with Crippen molar-refractivity contribution in [3.63, 3.8) is 0 Å². The van der Waals surface area contributed by atoms with Crippen molar-refractivity contribution in [2.24, 2.45) is 11.1 Å². The summed E-state index contributed by atoms with van der Waals surface area (Å²) in [5.74, 6) is 0. The lowest BCUT2D eigenvalue weighted by atomic mass is 9.86. The van der Waals surface area contributed by atoms with E-state index in [0.29, 0.717) is 0 Å². The second kappa shape index (κ2) is 4.75. The maximum absolute atomic E-state index is 5.79. The quantitative estimate of drug-likeness (QED) is 0.622. The summed E-state index contributed by atoms with van der Waals surface area (Å²) in [7, 11) is 0. The van der Waals surface area contributed by atoms with Crippen LogP contribution < -0.4 is 5.73 Å². The van der Waals surface area contributed by atoms with Crippen LogP contribution in [0.25, 0.3) is 0 Å². The molecule has 0 saturated heterocycles. The number of rotatable bonds is 2. The van der Waals surface area contributed by atoms with Gasteiger partial charge in [-0.25, -0.2) is 0 Å². The Kier molecular flexibility index (Phi) is 6.01. The minimum Gasteiger partial charge on any atom is -0.327 e. The Balaban J connectivity index is 0. The SMILES string of the molecule is C=CCC(N)C(C)(C)C.Cl. The molecule has 0 spiro atoms. The van der Waals surface area contributed by atoms with Crippen molar-refractivity contribution in [3.8, 4) is 0 Å². The Morgan fingerprint density at radius 1 is 1.50 bits per heavy atom. The van der Waals surface area contributed by atoms with Gasteiger partial charge in [0.05, 0.1) is 0 Å². The van der Waals surface area contributed by atoms with Gasteiger partial charge in [0.25, 0.3) is 0 Å². The van der Waals surface area contributed by atoms with Gasteiger partial charge in [0.1, 0.15) is 0 Å². The summed E-state index contributed by atoms with van der Waals surface area (Å²) in [6, 6.07) is 0.245. The molecule has 0 aromatic rings. The first-order valence-corrected chi connectivity index (χ1v) is 3.35. The van der Waals surface area contributed by atoms with E-state index in [9.17, 15) is 0 Å². The summed E-state index contributed by atoms with van der Waals surface area (Å²) in [6.07, 6.45) is 2.78. The van der Waals surface area contributed by atoms with E-state index in [4.69, 9.17) is 5.73 Å². The third-order valence-electron chi connectivity index (χ3n) is 1.53. The van der Waals surface area contributed by atoms with Crippen molar-refractivity contribution < 1.29 is 0 Å². The van der Waals surface area contributed by atoms with Crippen LogP contribution in [0.5, 0.6) is 0 Å². The van der Waals surface area contributed by atoms with Crippen LogP contribution in [0.15, 0.2) is 12.7 Å². The first-order chi connectivity index (χ1) is 3.98. The summed E-state index contributed by atoms with van der Waals surface area (Å²) in [6.45, 7) is 10.1. The zero-order valence-corrected chi connectivity index (χ0v) is 7.87.